The van der Waals surface area contributed by atoms with E-state index in [-0.39, 0.29) is 5.97 Å². The molecule has 4 heteroatoms. The number of likely N-dealkylation sites (N-methyl/N-ethyl adjacent to an activating group) is 1. The molecule has 2 unspecified atom stereocenters. The first-order valence-electron chi connectivity index (χ1n) is 8.02. The van der Waals surface area contributed by atoms with Crippen molar-refractivity contribution in [2.75, 3.05) is 33.8 Å². The summed E-state index contributed by atoms with van der Waals surface area (Å²) in [5.74, 6) is 0.992. The summed E-state index contributed by atoms with van der Waals surface area (Å²) in [5, 5.41) is 3.50. The summed E-state index contributed by atoms with van der Waals surface area (Å²) in [6.07, 6.45) is 4.45. The maximum Gasteiger partial charge on any atom is 0.327 e. The third-order valence-electron chi connectivity index (χ3n) is 4.35. The quantitative estimate of drug-likeness (QED) is 0.625. The Labute approximate surface area is 124 Å². The molecule has 0 heterocycles. The summed E-state index contributed by atoms with van der Waals surface area (Å²) < 4.78 is 5.12. The minimum absolute atomic E-state index is 0.0931. The lowest BCUT2D eigenvalue weighted by molar-refractivity contribution is -0.150. The number of ether oxygens (including phenoxy) is 1. The molecule has 0 bridgehead atoms. The Balaban J connectivity index is 2.77. The highest BCUT2D eigenvalue weighted by Gasteiger charge is 2.52. The fraction of sp³-hybridized carbons (Fsp3) is 0.938. The molecule has 0 aromatic heterocycles. The molecule has 118 valence electrons. The normalized spacial score (nSPS) is 19.7. The second kappa shape index (κ2) is 7.99. The van der Waals surface area contributed by atoms with Crippen molar-refractivity contribution in [3.05, 3.63) is 0 Å². The number of hydrogen-bond acceptors (Lipinski definition) is 4. The second-order valence-electron chi connectivity index (χ2n) is 6.37. The predicted molar refractivity (Wildman–Crippen MR) is 82.7 cm³/mol. The Morgan fingerprint density at radius 1 is 1.45 bits per heavy atom. The number of methoxy groups -OCH3 is 1. The lowest BCUT2D eigenvalue weighted by Crippen LogP contribution is -2.61. The molecule has 20 heavy (non-hydrogen) atoms. The molecule has 0 aromatic carbocycles. The summed E-state index contributed by atoms with van der Waals surface area (Å²) in [5.41, 5.74) is -0.507. The topological polar surface area (TPSA) is 41.6 Å². The SMILES string of the molecule is CCCNC(CN(C)CC(C)CC)(C(=O)OC)C1CC1. The summed E-state index contributed by atoms with van der Waals surface area (Å²) >= 11 is 0. The van der Waals surface area contributed by atoms with Gasteiger partial charge in [0.2, 0.25) is 0 Å². The highest BCUT2D eigenvalue weighted by molar-refractivity contribution is 5.82. The van der Waals surface area contributed by atoms with Gasteiger partial charge in [-0.3, -0.25) is 0 Å². The lowest BCUT2D eigenvalue weighted by Gasteiger charge is -2.36. The lowest BCUT2D eigenvalue weighted by atomic mass is 9.91. The standard InChI is InChI=1S/C16H32N2O2/c1-6-10-17-16(14-8-9-14,15(19)20-5)12-18(4)11-13(3)7-2/h13-14,17H,6-12H2,1-5H3. The van der Waals surface area contributed by atoms with Crippen LogP contribution >= 0.6 is 0 Å². The number of hydrogen-bond donors (Lipinski definition) is 1. The van der Waals surface area contributed by atoms with Crippen molar-refractivity contribution < 1.29 is 9.53 Å². The first-order chi connectivity index (χ1) is 9.50. The molecule has 1 rings (SSSR count). The zero-order chi connectivity index (χ0) is 15.2. The summed E-state index contributed by atoms with van der Waals surface area (Å²) in [7, 11) is 3.61. The average Bonchev–Trinajstić information content (AvgIpc) is 3.27. The molecule has 1 saturated carbocycles. The van der Waals surface area contributed by atoms with E-state index in [9.17, 15) is 4.79 Å². The van der Waals surface area contributed by atoms with Crippen molar-refractivity contribution in [2.45, 2.75) is 52.0 Å². The van der Waals surface area contributed by atoms with E-state index < -0.39 is 5.54 Å². The smallest absolute Gasteiger partial charge is 0.327 e. The first kappa shape index (κ1) is 17.4. The van der Waals surface area contributed by atoms with Gasteiger partial charge in [0.05, 0.1) is 7.11 Å². The van der Waals surface area contributed by atoms with Crippen molar-refractivity contribution in [3.63, 3.8) is 0 Å². The highest BCUT2D eigenvalue weighted by atomic mass is 16.5. The van der Waals surface area contributed by atoms with Gasteiger partial charge in [-0.2, -0.15) is 0 Å². The largest absolute Gasteiger partial charge is 0.468 e. The molecule has 2 atom stereocenters. The van der Waals surface area contributed by atoms with Crippen LogP contribution in [0.1, 0.15) is 46.5 Å². The van der Waals surface area contributed by atoms with Crippen LogP contribution in [0.5, 0.6) is 0 Å². The number of carbonyl (C=O) groups is 1. The monoisotopic (exact) mass is 284 g/mol. The molecule has 4 nitrogen and oxygen atoms in total. The molecule has 0 spiro atoms. The summed E-state index contributed by atoms with van der Waals surface area (Å²) in [6, 6.07) is 0. The van der Waals surface area contributed by atoms with E-state index in [1.54, 1.807) is 0 Å². The molecular weight excluding hydrogens is 252 g/mol. The van der Waals surface area contributed by atoms with Gasteiger partial charge in [0.15, 0.2) is 0 Å². The molecule has 1 aliphatic carbocycles. The molecule has 1 fully saturated rings. The van der Waals surface area contributed by atoms with Crippen LogP contribution in [0.25, 0.3) is 0 Å². The van der Waals surface area contributed by atoms with Gasteiger partial charge in [-0.15, -0.1) is 0 Å². The molecule has 1 N–H and O–H groups in total. The molecule has 0 amide bonds. The van der Waals surface area contributed by atoms with Crippen molar-refractivity contribution in [1.29, 1.82) is 0 Å². The average molecular weight is 284 g/mol. The van der Waals surface area contributed by atoms with Gasteiger partial charge in [0, 0.05) is 13.1 Å². The number of carbonyl (C=O) groups excluding carboxylic acids is 1. The second-order valence-corrected chi connectivity index (χ2v) is 6.37. The van der Waals surface area contributed by atoms with Gasteiger partial charge in [-0.25, -0.2) is 4.79 Å². The minimum Gasteiger partial charge on any atom is -0.468 e. The molecular formula is C16H32N2O2. The van der Waals surface area contributed by atoms with E-state index in [2.05, 4.69) is 38.0 Å². The number of nitrogens with zero attached hydrogens (tertiary/aromatic N) is 1. The van der Waals surface area contributed by atoms with E-state index in [1.807, 2.05) is 0 Å². The number of esters is 1. The van der Waals surface area contributed by atoms with Crippen LogP contribution in [-0.2, 0) is 9.53 Å². The minimum atomic E-state index is -0.507. The Morgan fingerprint density at radius 2 is 2.10 bits per heavy atom. The van der Waals surface area contributed by atoms with Crippen molar-refractivity contribution >= 4 is 5.97 Å². The molecule has 0 aromatic rings. The van der Waals surface area contributed by atoms with Crippen molar-refractivity contribution in [1.82, 2.24) is 10.2 Å². The number of rotatable bonds is 10. The molecule has 0 saturated heterocycles. The third-order valence-corrected chi connectivity index (χ3v) is 4.35. The van der Waals surface area contributed by atoms with Gasteiger partial charge in [0.1, 0.15) is 5.54 Å². The van der Waals surface area contributed by atoms with Crippen molar-refractivity contribution in [3.8, 4) is 0 Å². The predicted octanol–water partition coefficient (Wildman–Crippen LogP) is 2.29. The fourth-order valence-electron chi connectivity index (χ4n) is 2.89. The molecule has 0 aliphatic heterocycles. The van der Waals surface area contributed by atoms with Gasteiger partial charge >= 0.3 is 5.97 Å². The van der Waals surface area contributed by atoms with Gasteiger partial charge in [-0.1, -0.05) is 27.2 Å². The summed E-state index contributed by atoms with van der Waals surface area (Å²) in [6.45, 7) is 9.23. The first-order valence-corrected chi connectivity index (χ1v) is 8.02. The van der Waals surface area contributed by atoms with Crippen LogP contribution in [0.4, 0.5) is 0 Å². The van der Waals surface area contributed by atoms with Gasteiger partial charge in [0.25, 0.3) is 0 Å². The van der Waals surface area contributed by atoms with Crippen LogP contribution in [0.3, 0.4) is 0 Å². The van der Waals surface area contributed by atoms with Crippen LogP contribution < -0.4 is 5.32 Å². The van der Waals surface area contributed by atoms with Gasteiger partial charge < -0.3 is 15.0 Å². The number of nitrogens with one attached hydrogen (secondary N) is 1. The Hall–Kier alpha value is -0.610. The van der Waals surface area contributed by atoms with Crippen molar-refractivity contribution in [2.24, 2.45) is 11.8 Å². The van der Waals surface area contributed by atoms with Crippen LogP contribution in [0.2, 0.25) is 0 Å². The van der Waals surface area contributed by atoms with E-state index >= 15 is 0 Å². The molecule has 0 radical (unpaired) electrons. The van der Waals surface area contributed by atoms with Crippen LogP contribution in [-0.4, -0.2) is 50.2 Å². The van der Waals surface area contributed by atoms with E-state index in [0.29, 0.717) is 11.8 Å². The van der Waals surface area contributed by atoms with E-state index in [0.717, 1.165) is 38.9 Å². The maximum absolute atomic E-state index is 12.4. The fourth-order valence-corrected chi connectivity index (χ4v) is 2.89. The molecule has 1 aliphatic rings. The van der Waals surface area contributed by atoms with Crippen LogP contribution in [0, 0.1) is 11.8 Å². The van der Waals surface area contributed by atoms with E-state index in [4.69, 9.17) is 4.74 Å². The third kappa shape index (κ3) is 4.45. The Morgan fingerprint density at radius 3 is 2.55 bits per heavy atom. The zero-order valence-electron chi connectivity index (χ0n) is 13.9. The van der Waals surface area contributed by atoms with E-state index in [1.165, 1.54) is 13.5 Å². The Kier molecular flexibility index (Phi) is 6.96. The maximum atomic E-state index is 12.4. The van der Waals surface area contributed by atoms with Gasteiger partial charge in [-0.05, 0) is 44.7 Å². The zero-order valence-corrected chi connectivity index (χ0v) is 13.9. The van der Waals surface area contributed by atoms with Crippen LogP contribution in [0.15, 0.2) is 0 Å². The Bertz CT molecular complexity index is 305. The highest BCUT2D eigenvalue weighted by Crippen LogP contribution is 2.41. The summed E-state index contributed by atoms with van der Waals surface area (Å²) in [4.78, 5) is 14.7.